The standard InChI is InChI=1S/C21H27BO12/c1-6-10-28-18(23)14(27-5)15(19(24)29-11-7-2)32-22-33-16(20(25)30-12-8-3)17(34-22)21(26)31-13-9-4/h6-9,14-17H,1-4,10-13H2,5H3. The van der Waals surface area contributed by atoms with Crippen molar-refractivity contribution < 1.29 is 56.8 Å². The molecular weight excluding hydrogens is 455 g/mol. The molecule has 13 heteroatoms. The summed E-state index contributed by atoms with van der Waals surface area (Å²) in [5, 5.41) is 0. The fourth-order valence-electron chi connectivity index (χ4n) is 2.44. The van der Waals surface area contributed by atoms with Crippen LogP contribution in [0.4, 0.5) is 0 Å². The number of rotatable bonds is 16. The lowest BCUT2D eigenvalue weighted by atomic mass is 10.1. The van der Waals surface area contributed by atoms with Crippen LogP contribution in [0.1, 0.15) is 0 Å². The van der Waals surface area contributed by atoms with Crippen LogP contribution in [0, 0.1) is 0 Å². The molecule has 186 valence electrons. The average Bonchev–Trinajstić information content (AvgIpc) is 3.26. The van der Waals surface area contributed by atoms with E-state index in [4.69, 9.17) is 37.6 Å². The van der Waals surface area contributed by atoms with Crippen LogP contribution in [0.2, 0.25) is 0 Å². The monoisotopic (exact) mass is 482 g/mol. The quantitative estimate of drug-likeness (QED) is 0.127. The van der Waals surface area contributed by atoms with E-state index < -0.39 is 55.6 Å². The molecule has 0 aromatic carbocycles. The Morgan fingerprint density at radius 2 is 1.12 bits per heavy atom. The first kappa shape index (κ1) is 28.8. The summed E-state index contributed by atoms with van der Waals surface area (Å²) < 4.78 is 40.9. The normalized spacial score (nSPS) is 18.7. The predicted octanol–water partition coefficient (Wildman–Crippen LogP) is 0.0723. The lowest BCUT2D eigenvalue weighted by Gasteiger charge is -2.24. The van der Waals surface area contributed by atoms with Crippen molar-refractivity contribution in [3.8, 4) is 0 Å². The average molecular weight is 482 g/mol. The van der Waals surface area contributed by atoms with E-state index in [-0.39, 0.29) is 26.4 Å². The summed E-state index contributed by atoms with van der Waals surface area (Å²) in [6, 6.07) is 0. The van der Waals surface area contributed by atoms with Gasteiger partial charge in [-0.1, -0.05) is 50.6 Å². The number of carbonyl (C=O) groups excluding carboxylic acids is 4. The highest BCUT2D eigenvalue weighted by Gasteiger charge is 2.53. The van der Waals surface area contributed by atoms with Crippen LogP contribution in [0.25, 0.3) is 0 Å². The van der Waals surface area contributed by atoms with E-state index in [1.54, 1.807) is 0 Å². The van der Waals surface area contributed by atoms with E-state index in [0.717, 1.165) is 7.11 Å². The fourth-order valence-corrected chi connectivity index (χ4v) is 2.44. The van der Waals surface area contributed by atoms with Crippen LogP contribution < -0.4 is 0 Å². The Hall–Kier alpha value is -3.26. The van der Waals surface area contributed by atoms with E-state index in [2.05, 4.69) is 26.3 Å². The smallest absolute Gasteiger partial charge is 0.460 e. The van der Waals surface area contributed by atoms with Gasteiger partial charge in [-0.05, 0) is 0 Å². The van der Waals surface area contributed by atoms with Gasteiger partial charge in [-0.2, -0.15) is 0 Å². The molecule has 0 radical (unpaired) electrons. The summed E-state index contributed by atoms with van der Waals surface area (Å²) in [6.45, 7) is 13.0. The molecule has 1 aliphatic rings. The highest BCUT2D eigenvalue weighted by Crippen LogP contribution is 2.23. The molecule has 0 spiro atoms. The topological polar surface area (TPSA) is 142 Å². The number of methoxy groups -OCH3 is 1. The van der Waals surface area contributed by atoms with Crippen LogP contribution in [-0.2, 0) is 56.8 Å². The number of hydrogen-bond donors (Lipinski definition) is 0. The second kappa shape index (κ2) is 15.6. The molecule has 4 unspecified atom stereocenters. The van der Waals surface area contributed by atoms with Gasteiger partial charge in [-0.15, -0.1) is 0 Å². The maximum Gasteiger partial charge on any atom is 0.641 e. The van der Waals surface area contributed by atoms with Crippen LogP contribution >= 0.6 is 0 Å². The lowest BCUT2D eigenvalue weighted by Crippen LogP contribution is -2.48. The molecule has 1 fully saturated rings. The Bertz CT molecular complexity index is 735. The summed E-state index contributed by atoms with van der Waals surface area (Å²) in [4.78, 5) is 49.6. The van der Waals surface area contributed by atoms with Gasteiger partial charge in [-0.3, -0.25) is 0 Å². The van der Waals surface area contributed by atoms with Gasteiger partial charge in [0.25, 0.3) is 0 Å². The molecule has 1 saturated heterocycles. The zero-order valence-electron chi connectivity index (χ0n) is 18.8. The largest absolute Gasteiger partial charge is 0.641 e. The second-order valence-electron chi connectivity index (χ2n) is 6.29. The molecule has 0 aromatic rings. The summed E-state index contributed by atoms with van der Waals surface area (Å²) in [5.74, 6) is -4.00. The molecule has 0 aliphatic carbocycles. The number of ether oxygens (including phenoxy) is 5. The van der Waals surface area contributed by atoms with Gasteiger partial charge in [0, 0.05) is 7.11 Å². The Balaban J connectivity index is 3.12. The molecule has 4 atom stereocenters. The zero-order chi connectivity index (χ0) is 25.5. The zero-order valence-corrected chi connectivity index (χ0v) is 18.8. The molecule has 1 aliphatic heterocycles. The highest BCUT2D eigenvalue weighted by molar-refractivity contribution is 6.39. The van der Waals surface area contributed by atoms with Crippen LogP contribution in [0.3, 0.4) is 0 Å². The summed E-state index contributed by atoms with van der Waals surface area (Å²) in [6.07, 6.45) is -1.43. The molecule has 0 bridgehead atoms. The van der Waals surface area contributed by atoms with Gasteiger partial charge in [-0.25, -0.2) is 19.2 Å². The highest BCUT2D eigenvalue weighted by atomic mass is 16.8. The van der Waals surface area contributed by atoms with Crippen molar-refractivity contribution in [2.75, 3.05) is 33.5 Å². The Morgan fingerprint density at radius 1 is 0.735 bits per heavy atom. The SMILES string of the molecule is C=CCOC(=O)C(OC)C(OB1OC(C(=O)OCC=C)C(C(=O)OCC=C)O1)C(=O)OCC=C. The Morgan fingerprint density at radius 3 is 1.50 bits per heavy atom. The van der Waals surface area contributed by atoms with Gasteiger partial charge < -0.3 is 37.6 Å². The first-order chi connectivity index (χ1) is 16.3. The van der Waals surface area contributed by atoms with Crippen molar-refractivity contribution in [1.82, 2.24) is 0 Å². The molecule has 34 heavy (non-hydrogen) atoms. The van der Waals surface area contributed by atoms with Gasteiger partial charge in [0.1, 0.15) is 26.4 Å². The number of hydrogen-bond acceptors (Lipinski definition) is 12. The van der Waals surface area contributed by atoms with E-state index >= 15 is 0 Å². The van der Waals surface area contributed by atoms with Gasteiger partial charge in [0.05, 0.1) is 0 Å². The number of esters is 4. The van der Waals surface area contributed by atoms with E-state index in [9.17, 15) is 19.2 Å². The molecule has 0 saturated carbocycles. The van der Waals surface area contributed by atoms with Crippen molar-refractivity contribution in [3.05, 3.63) is 50.6 Å². The van der Waals surface area contributed by atoms with Gasteiger partial charge >= 0.3 is 31.2 Å². The minimum Gasteiger partial charge on any atom is -0.460 e. The predicted molar refractivity (Wildman–Crippen MR) is 116 cm³/mol. The van der Waals surface area contributed by atoms with Crippen molar-refractivity contribution >= 4 is 31.2 Å². The molecule has 1 rings (SSSR count). The fraction of sp³-hybridized carbons (Fsp3) is 0.429. The van der Waals surface area contributed by atoms with Gasteiger partial charge in [0.15, 0.2) is 24.4 Å². The van der Waals surface area contributed by atoms with E-state index in [0.29, 0.717) is 0 Å². The third-order valence-corrected chi connectivity index (χ3v) is 3.88. The first-order valence-corrected chi connectivity index (χ1v) is 9.93. The first-order valence-electron chi connectivity index (χ1n) is 9.93. The molecule has 0 N–H and O–H groups in total. The van der Waals surface area contributed by atoms with Gasteiger partial charge in [0.2, 0.25) is 0 Å². The molecule has 0 aromatic heterocycles. The minimum atomic E-state index is -1.80. The third kappa shape index (κ3) is 8.59. The van der Waals surface area contributed by atoms with Crippen molar-refractivity contribution in [2.45, 2.75) is 24.4 Å². The molecule has 12 nitrogen and oxygen atoms in total. The lowest BCUT2D eigenvalue weighted by molar-refractivity contribution is -0.174. The summed E-state index contributed by atoms with van der Waals surface area (Å²) in [5.41, 5.74) is 0. The summed E-state index contributed by atoms with van der Waals surface area (Å²) >= 11 is 0. The minimum absolute atomic E-state index is 0.169. The maximum absolute atomic E-state index is 12.6. The van der Waals surface area contributed by atoms with Crippen molar-refractivity contribution in [1.29, 1.82) is 0 Å². The van der Waals surface area contributed by atoms with E-state index in [1.165, 1.54) is 24.3 Å². The molecular formula is C21H27BO12. The second-order valence-corrected chi connectivity index (χ2v) is 6.29. The third-order valence-electron chi connectivity index (χ3n) is 3.88. The van der Waals surface area contributed by atoms with Crippen LogP contribution in [0.5, 0.6) is 0 Å². The maximum atomic E-state index is 12.6. The van der Waals surface area contributed by atoms with Crippen molar-refractivity contribution in [3.63, 3.8) is 0 Å². The molecule has 0 amide bonds. The Labute approximate surface area is 197 Å². The number of carbonyl (C=O) groups is 4. The molecule has 1 heterocycles. The van der Waals surface area contributed by atoms with Crippen LogP contribution in [0.15, 0.2) is 50.6 Å². The van der Waals surface area contributed by atoms with E-state index in [1.807, 2.05) is 0 Å². The summed E-state index contributed by atoms with van der Waals surface area (Å²) in [7, 11) is -0.674. The Kier molecular flexibility index (Phi) is 13.2. The van der Waals surface area contributed by atoms with Crippen LogP contribution in [-0.4, -0.2) is 89.2 Å². The van der Waals surface area contributed by atoms with Crippen molar-refractivity contribution in [2.24, 2.45) is 0 Å².